The van der Waals surface area contributed by atoms with Crippen LogP contribution in [0.4, 0.5) is 10.1 Å². The fourth-order valence-corrected chi connectivity index (χ4v) is 3.03. The Morgan fingerprint density at radius 3 is 2.56 bits per heavy atom. The summed E-state index contributed by atoms with van der Waals surface area (Å²) in [6, 6.07) is 13.2. The summed E-state index contributed by atoms with van der Waals surface area (Å²) in [5.74, 6) is -0.368. The second-order valence-corrected chi connectivity index (χ2v) is 7.00. The lowest BCUT2D eigenvalue weighted by molar-refractivity contribution is -0.117. The molecule has 2 aromatic carbocycles. The van der Waals surface area contributed by atoms with Gasteiger partial charge in [-0.2, -0.15) is 0 Å². The van der Waals surface area contributed by atoms with E-state index in [9.17, 15) is 14.0 Å². The number of amides is 2. The summed E-state index contributed by atoms with van der Waals surface area (Å²) in [4.78, 5) is 27.3. The van der Waals surface area contributed by atoms with E-state index in [1.807, 2.05) is 31.2 Å². The Morgan fingerprint density at radius 2 is 1.85 bits per heavy atom. The minimum atomic E-state index is -0.337. The largest absolute Gasteiger partial charge is 0.351 e. The maximum Gasteiger partial charge on any atom is 0.268 e. The minimum Gasteiger partial charge on any atom is -0.351 e. The summed E-state index contributed by atoms with van der Waals surface area (Å²) < 4.78 is 13.3. The number of fused-ring (bicyclic) bond motifs is 1. The molecule has 0 radical (unpaired) electrons. The van der Waals surface area contributed by atoms with Crippen molar-refractivity contribution >= 4 is 28.4 Å². The maximum absolute atomic E-state index is 13.3. The molecule has 1 aliphatic rings. The Hall–Kier alpha value is -3.15. The Labute approximate surface area is 156 Å². The predicted octanol–water partition coefficient (Wildman–Crippen LogP) is 4.15. The summed E-state index contributed by atoms with van der Waals surface area (Å²) >= 11 is 0. The molecule has 0 bridgehead atoms. The van der Waals surface area contributed by atoms with Crippen LogP contribution < -0.4 is 10.6 Å². The molecule has 1 atom stereocenters. The van der Waals surface area contributed by atoms with E-state index in [2.05, 4.69) is 15.6 Å². The van der Waals surface area contributed by atoms with Gasteiger partial charge in [0, 0.05) is 22.5 Å². The average Bonchev–Trinajstić information content (AvgIpc) is 3.42. The van der Waals surface area contributed by atoms with Crippen LogP contribution in [0.15, 0.2) is 48.5 Å². The van der Waals surface area contributed by atoms with Crippen molar-refractivity contribution in [3.8, 4) is 0 Å². The number of nitrogens with one attached hydrogen (secondary N) is 3. The SMILES string of the molecule is CC(NC(=O)c1cc2cc(F)ccc2[nH]1)c1ccc(NC(=O)C2CC2)cc1. The fourth-order valence-electron chi connectivity index (χ4n) is 3.03. The summed E-state index contributed by atoms with van der Waals surface area (Å²) in [7, 11) is 0. The molecule has 2 amide bonds. The van der Waals surface area contributed by atoms with Crippen LogP contribution in [0.2, 0.25) is 0 Å². The zero-order valence-electron chi connectivity index (χ0n) is 14.9. The standard InChI is InChI=1S/C21H20FN3O2/c1-12(13-4-7-17(8-5-13)24-20(26)14-2-3-14)23-21(27)19-11-15-10-16(22)6-9-18(15)25-19/h4-12,14,25H,2-3H2,1H3,(H,23,27)(H,24,26). The van der Waals surface area contributed by atoms with Crippen LogP contribution in [-0.4, -0.2) is 16.8 Å². The van der Waals surface area contributed by atoms with E-state index in [1.165, 1.54) is 12.1 Å². The van der Waals surface area contributed by atoms with Crippen LogP contribution in [0.25, 0.3) is 10.9 Å². The number of benzene rings is 2. The lowest BCUT2D eigenvalue weighted by Gasteiger charge is -2.14. The monoisotopic (exact) mass is 365 g/mol. The molecule has 0 aliphatic heterocycles. The predicted molar refractivity (Wildman–Crippen MR) is 102 cm³/mol. The van der Waals surface area contributed by atoms with Gasteiger partial charge in [0.15, 0.2) is 0 Å². The van der Waals surface area contributed by atoms with Gasteiger partial charge in [0.2, 0.25) is 5.91 Å². The van der Waals surface area contributed by atoms with Gasteiger partial charge in [-0.15, -0.1) is 0 Å². The van der Waals surface area contributed by atoms with Gasteiger partial charge in [0.1, 0.15) is 11.5 Å². The lowest BCUT2D eigenvalue weighted by atomic mass is 10.1. The quantitative estimate of drug-likeness (QED) is 0.635. The van der Waals surface area contributed by atoms with E-state index in [0.717, 1.165) is 24.1 Å². The molecule has 1 aliphatic carbocycles. The lowest BCUT2D eigenvalue weighted by Crippen LogP contribution is -2.26. The van der Waals surface area contributed by atoms with Crippen LogP contribution in [0.1, 0.15) is 41.9 Å². The van der Waals surface area contributed by atoms with Crippen molar-refractivity contribution in [2.45, 2.75) is 25.8 Å². The molecule has 4 rings (SSSR count). The van der Waals surface area contributed by atoms with Crippen molar-refractivity contribution in [1.29, 1.82) is 0 Å². The second kappa shape index (κ2) is 6.87. The van der Waals surface area contributed by atoms with E-state index in [1.54, 1.807) is 12.1 Å². The Kier molecular flexibility index (Phi) is 4.39. The van der Waals surface area contributed by atoms with Crippen LogP contribution >= 0.6 is 0 Å². The van der Waals surface area contributed by atoms with Crippen LogP contribution in [0, 0.1) is 11.7 Å². The molecular weight excluding hydrogens is 345 g/mol. The van der Waals surface area contributed by atoms with E-state index in [0.29, 0.717) is 16.6 Å². The molecule has 3 N–H and O–H groups in total. The second-order valence-electron chi connectivity index (χ2n) is 7.00. The topological polar surface area (TPSA) is 74.0 Å². The normalized spacial score (nSPS) is 14.7. The van der Waals surface area contributed by atoms with Crippen molar-refractivity contribution in [3.05, 3.63) is 65.6 Å². The number of hydrogen-bond acceptors (Lipinski definition) is 2. The highest BCUT2D eigenvalue weighted by atomic mass is 19.1. The summed E-state index contributed by atoms with van der Waals surface area (Å²) in [6.07, 6.45) is 1.93. The highest BCUT2D eigenvalue weighted by Gasteiger charge is 2.29. The van der Waals surface area contributed by atoms with Crippen molar-refractivity contribution in [3.63, 3.8) is 0 Å². The highest BCUT2D eigenvalue weighted by molar-refractivity contribution is 5.98. The smallest absolute Gasteiger partial charge is 0.268 e. The third kappa shape index (κ3) is 3.84. The zero-order chi connectivity index (χ0) is 19.0. The zero-order valence-corrected chi connectivity index (χ0v) is 14.9. The molecule has 6 heteroatoms. The number of anilines is 1. The molecule has 3 aromatic rings. The number of aromatic amines is 1. The van der Waals surface area contributed by atoms with Gasteiger partial charge in [-0.25, -0.2) is 4.39 Å². The van der Waals surface area contributed by atoms with E-state index in [-0.39, 0.29) is 29.6 Å². The Balaban J connectivity index is 1.41. The fraction of sp³-hybridized carbons (Fsp3) is 0.238. The molecule has 1 unspecified atom stereocenters. The Bertz CT molecular complexity index is 1010. The van der Waals surface area contributed by atoms with Gasteiger partial charge < -0.3 is 15.6 Å². The van der Waals surface area contributed by atoms with Crippen molar-refractivity contribution < 1.29 is 14.0 Å². The average molecular weight is 365 g/mol. The number of H-pyrrole nitrogens is 1. The van der Waals surface area contributed by atoms with E-state index in [4.69, 9.17) is 0 Å². The number of carbonyl (C=O) groups excluding carboxylic acids is 2. The number of halogens is 1. The number of hydrogen-bond donors (Lipinski definition) is 3. The molecule has 27 heavy (non-hydrogen) atoms. The highest BCUT2D eigenvalue weighted by Crippen LogP contribution is 2.30. The van der Waals surface area contributed by atoms with E-state index >= 15 is 0 Å². The van der Waals surface area contributed by atoms with E-state index < -0.39 is 0 Å². The van der Waals surface area contributed by atoms with Gasteiger partial charge >= 0.3 is 0 Å². The molecule has 1 saturated carbocycles. The van der Waals surface area contributed by atoms with Crippen molar-refractivity contribution in [2.75, 3.05) is 5.32 Å². The van der Waals surface area contributed by atoms with Gasteiger partial charge in [-0.1, -0.05) is 12.1 Å². The number of carbonyl (C=O) groups is 2. The van der Waals surface area contributed by atoms with Crippen LogP contribution in [0.5, 0.6) is 0 Å². The summed E-state index contributed by atoms with van der Waals surface area (Å²) in [5.41, 5.74) is 2.78. The molecule has 1 aromatic heterocycles. The maximum atomic E-state index is 13.3. The molecule has 138 valence electrons. The number of rotatable bonds is 5. The number of aromatic nitrogens is 1. The van der Waals surface area contributed by atoms with Crippen molar-refractivity contribution in [1.82, 2.24) is 10.3 Å². The first kappa shape index (κ1) is 17.3. The molecule has 0 saturated heterocycles. The van der Waals surface area contributed by atoms with Gasteiger partial charge in [0.05, 0.1) is 6.04 Å². The Morgan fingerprint density at radius 1 is 1.11 bits per heavy atom. The molecule has 0 spiro atoms. The summed E-state index contributed by atoms with van der Waals surface area (Å²) in [5, 5.41) is 6.48. The van der Waals surface area contributed by atoms with Crippen molar-refractivity contribution in [2.24, 2.45) is 5.92 Å². The molecule has 5 nitrogen and oxygen atoms in total. The van der Waals surface area contributed by atoms with Gasteiger partial charge in [-0.3, -0.25) is 9.59 Å². The van der Waals surface area contributed by atoms with Crippen LogP contribution in [-0.2, 0) is 4.79 Å². The first-order valence-electron chi connectivity index (χ1n) is 8.99. The summed E-state index contributed by atoms with van der Waals surface area (Å²) in [6.45, 7) is 1.89. The molecular formula is C21H20FN3O2. The molecule has 1 heterocycles. The first-order valence-corrected chi connectivity index (χ1v) is 8.99. The van der Waals surface area contributed by atoms with Gasteiger partial charge in [0.25, 0.3) is 5.91 Å². The third-order valence-electron chi connectivity index (χ3n) is 4.80. The van der Waals surface area contributed by atoms with Gasteiger partial charge in [-0.05, 0) is 61.7 Å². The first-order chi connectivity index (χ1) is 13.0. The minimum absolute atomic E-state index is 0.0688. The van der Waals surface area contributed by atoms with Crippen LogP contribution in [0.3, 0.4) is 0 Å². The third-order valence-corrected chi connectivity index (χ3v) is 4.80. The molecule has 1 fully saturated rings.